The smallest absolute Gasteiger partial charge is 0.270 e. The molecular formula is C15H25N5O. The number of carbonyl (C=O) groups excluding carboxylic acids is 1. The van der Waals surface area contributed by atoms with Crippen molar-refractivity contribution < 1.29 is 4.79 Å². The van der Waals surface area contributed by atoms with Gasteiger partial charge in [-0.25, -0.2) is 9.97 Å². The fourth-order valence-corrected chi connectivity index (χ4v) is 2.50. The van der Waals surface area contributed by atoms with E-state index in [2.05, 4.69) is 20.6 Å². The summed E-state index contributed by atoms with van der Waals surface area (Å²) in [6, 6.07) is 2.21. The number of anilines is 1. The topological polar surface area (TPSA) is 70.2 Å². The van der Waals surface area contributed by atoms with Crippen molar-refractivity contribution >= 4 is 11.7 Å². The molecule has 0 unspecified atom stereocenters. The van der Waals surface area contributed by atoms with Gasteiger partial charge < -0.3 is 15.5 Å². The molecule has 2 N–H and O–H groups in total. The van der Waals surface area contributed by atoms with E-state index in [0.29, 0.717) is 18.3 Å². The first-order valence-corrected chi connectivity index (χ1v) is 7.66. The van der Waals surface area contributed by atoms with Gasteiger partial charge in [-0.15, -0.1) is 0 Å². The van der Waals surface area contributed by atoms with E-state index in [0.717, 1.165) is 12.4 Å². The van der Waals surface area contributed by atoms with Crippen molar-refractivity contribution in [2.24, 2.45) is 0 Å². The van der Waals surface area contributed by atoms with Gasteiger partial charge in [-0.2, -0.15) is 0 Å². The molecule has 1 aliphatic carbocycles. The van der Waals surface area contributed by atoms with Crippen molar-refractivity contribution in [3.63, 3.8) is 0 Å². The first kappa shape index (κ1) is 15.7. The average Bonchev–Trinajstić information content (AvgIpc) is 2.48. The summed E-state index contributed by atoms with van der Waals surface area (Å²) < 4.78 is 0. The highest BCUT2D eigenvalue weighted by atomic mass is 16.1. The lowest BCUT2D eigenvalue weighted by Gasteiger charge is -2.23. The van der Waals surface area contributed by atoms with Gasteiger partial charge in [0.25, 0.3) is 5.91 Å². The molecule has 1 aromatic rings. The Balaban J connectivity index is 1.88. The van der Waals surface area contributed by atoms with Gasteiger partial charge in [-0.1, -0.05) is 19.3 Å². The summed E-state index contributed by atoms with van der Waals surface area (Å²) in [5.74, 6) is 0.598. The Morgan fingerprint density at radius 3 is 2.76 bits per heavy atom. The second-order valence-corrected chi connectivity index (χ2v) is 5.83. The van der Waals surface area contributed by atoms with Gasteiger partial charge in [0, 0.05) is 25.2 Å². The lowest BCUT2D eigenvalue weighted by Crippen LogP contribution is -2.32. The van der Waals surface area contributed by atoms with E-state index in [1.807, 2.05) is 19.0 Å². The quantitative estimate of drug-likeness (QED) is 0.831. The molecule has 2 rings (SSSR count). The molecule has 0 aromatic carbocycles. The third-order valence-electron chi connectivity index (χ3n) is 3.70. The van der Waals surface area contributed by atoms with Crippen molar-refractivity contribution in [1.82, 2.24) is 20.2 Å². The average molecular weight is 291 g/mol. The van der Waals surface area contributed by atoms with Crippen LogP contribution in [-0.2, 0) is 0 Å². The van der Waals surface area contributed by atoms with Crippen molar-refractivity contribution in [1.29, 1.82) is 0 Å². The van der Waals surface area contributed by atoms with Gasteiger partial charge in [0.1, 0.15) is 17.8 Å². The highest BCUT2D eigenvalue weighted by molar-refractivity contribution is 5.92. The summed E-state index contributed by atoms with van der Waals surface area (Å²) in [7, 11) is 3.95. The fraction of sp³-hybridized carbons (Fsp3) is 0.667. The summed E-state index contributed by atoms with van der Waals surface area (Å²) in [6.07, 6.45) is 7.65. The number of likely N-dealkylation sites (N-methyl/N-ethyl adjacent to an activating group) is 1. The molecule has 1 amide bonds. The molecule has 6 heteroatoms. The number of hydrogen-bond acceptors (Lipinski definition) is 5. The SMILES string of the molecule is CN(C)CCNC(=O)c1cc(NC2CCCCC2)ncn1. The third kappa shape index (κ3) is 5.30. The molecule has 0 radical (unpaired) electrons. The Morgan fingerprint density at radius 2 is 2.05 bits per heavy atom. The first-order valence-electron chi connectivity index (χ1n) is 7.66. The maximum atomic E-state index is 12.0. The predicted molar refractivity (Wildman–Crippen MR) is 83.4 cm³/mol. The van der Waals surface area contributed by atoms with E-state index in [9.17, 15) is 4.79 Å². The minimum atomic E-state index is -0.147. The van der Waals surface area contributed by atoms with Crippen LogP contribution in [0.3, 0.4) is 0 Å². The van der Waals surface area contributed by atoms with Crippen LogP contribution < -0.4 is 10.6 Å². The Kier molecular flexibility index (Phi) is 5.92. The summed E-state index contributed by atoms with van der Waals surface area (Å²) in [4.78, 5) is 22.3. The summed E-state index contributed by atoms with van der Waals surface area (Å²) in [6.45, 7) is 1.42. The lowest BCUT2D eigenvalue weighted by atomic mass is 9.95. The number of aromatic nitrogens is 2. The van der Waals surface area contributed by atoms with Gasteiger partial charge >= 0.3 is 0 Å². The molecule has 1 saturated carbocycles. The van der Waals surface area contributed by atoms with Crippen LogP contribution in [0.15, 0.2) is 12.4 Å². The number of hydrogen-bond donors (Lipinski definition) is 2. The van der Waals surface area contributed by atoms with E-state index in [1.54, 1.807) is 6.07 Å². The van der Waals surface area contributed by atoms with Crippen LogP contribution in [-0.4, -0.2) is 54.0 Å². The minimum Gasteiger partial charge on any atom is -0.367 e. The number of nitrogens with one attached hydrogen (secondary N) is 2. The molecule has 6 nitrogen and oxygen atoms in total. The van der Waals surface area contributed by atoms with E-state index in [1.165, 1.54) is 38.4 Å². The highest BCUT2D eigenvalue weighted by Gasteiger charge is 2.14. The van der Waals surface area contributed by atoms with Gasteiger partial charge in [0.05, 0.1) is 0 Å². The number of rotatable bonds is 6. The van der Waals surface area contributed by atoms with Crippen LogP contribution in [0.5, 0.6) is 0 Å². The minimum absolute atomic E-state index is 0.147. The molecule has 1 fully saturated rings. The maximum Gasteiger partial charge on any atom is 0.270 e. The first-order chi connectivity index (χ1) is 10.1. The van der Waals surface area contributed by atoms with Gasteiger partial charge in [0.2, 0.25) is 0 Å². The molecule has 1 aliphatic rings. The summed E-state index contributed by atoms with van der Waals surface area (Å²) in [5.41, 5.74) is 0.419. The van der Waals surface area contributed by atoms with Crippen molar-refractivity contribution in [3.05, 3.63) is 18.1 Å². The zero-order valence-electron chi connectivity index (χ0n) is 12.9. The van der Waals surface area contributed by atoms with Gasteiger partial charge in [0.15, 0.2) is 0 Å². The molecule has 0 bridgehead atoms. The zero-order valence-corrected chi connectivity index (χ0v) is 12.9. The van der Waals surface area contributed by atoms with Gasteiger partial charge in [-0.3, -0.25) is 4.79 Å². The monoisotopic (exact) mass is 291 g/mol. The second-order valence-electron chi connectivity index (χ2n) is 5.83. The molecular weight excluding hydrogens is 266 g/mol. The standard InChI is InChI=1S/C15H25N5O/c1-20(2)9-8-16-15(21)13-10-14(18-11-17-13)19-12-6-4-3-5-7-12/h10-12H,3-9H2,1-2H3,(H,16,21)(H,17,18,19). The van der Waals surface area contributed by atoms with Crippen LogP contribution in [0.2, 0.25) is 0 Å². The van der Waals surface area contributed by atoms with Crippen molar-refractivity contribution in [2.75, 3.05) is 32.5 Å². The number of nitrogens with zero attached hydrogens (tertiary/aromatic N) is 3. The largest absolute Gasteiger partial charge is 0.367 e. The van der Waals surface area contributed by atoms with E-state index < -0.39 is 0 Å². The molecule has 0 spiro atoms. The second kappa shape index (κ2) is 7.93. The van der Waals surface area contributed by atoms with E-state index in [4.69, 9.17) is 0 Å². The lowest BCUT2D eigenvalue weighted by molar-refractivity contribution is 0.0946. The van der Waals surface area contributed by atoms with Crippen LogP contribution in [0.4, 0.5) is 5.82 Å². The Labute approximate surface area is 126 Å². The van der Waals surface area contributed by atoms with E-state index >= 15 is 0 Å². The normalized spacial score (nSPS) is 16.0. The van der Waals surface area contributed by atoms with E-state index in [-0.39, 0.29) is 5.91 Å². The van der Waals surface area contributed by atoms with Crippen LogP contribution in [0, 0.1) is 0 Å². The molecule has 0 saturated heterocycles. The Hall–Kier alpha value is -1.69. The van der Waals surface area contributed by atoms with Crippen LogP contribution >= 0.6 is 0 Å². The highest BCUT2D eigenvalue weighted by Crippen LogP contribution is 2.20. The Morgan fingerprint density at radius 1 is 1.29 bits per heavy atom. The predicted octanol–water partition coefficient (Wildman–Crippen LogP) is 1.51. The number of carbonyl (C=O) groups is 1. The Bertz CT molecular complexity index is 457. The fourth-order valence-electron chi connectivity index (χ4n) is 2.50. The van der Waals surface area contributed by atoms with Gasteiger partial charge in [-0.05, 0) is 26.9 Å². The number of amides is 1. The van der Waals surface area contributed by atoms with Crippen molar-refractivity contribution in [3.8, 4) is 0 Å². The molecule has 1 heterocycles. The molecule has 21 heavy (non-hydrogen) atoms. The van der Waals surface area contributed by atoms with Crippen molar-refractivity contribution in [2.45, 2.75) is 38.1 Å². The molecule has 0 atom stereocenters. The molecule has 0 aliphatic heterocycles. The molecule has 1 aromatic heterocycles. The molecule has 116 valence electrons. The zero-order chi connectivity index (χ0) is 15.1. The summed E-state index contributed by atoms with van der Waals surface area (Å²) in [5, 5.41) is 6.27. The van der Waals surface area contributed by atoms with Crippen LogP contribution in [0.25, 0.3) is 0 Å². The maximum absolute atomic E-state index is 12.0. The van der Waals surface area contributed by atoms with Crippen LogP contribution in [0.1, 0.15) is 42.6 Å². The summed E-state index contributed by atoms with van der Waals surface area (Å²) >= 11 is 0. The third-order valence-corrected chi connectivity index (χ3v) is 3.70.